The molecule has 3 N–H and O–H groups in total. The maximum absolute atomic E-state index is 11.1. The van der Waals surface area contributed by atoms with Gasteiger partial charge < -0.3 is 5.11 Å². The summed E-state index contributed by atoms with van der Waals surface area (Å²) in [4.78, 5) is 10.6. The summed E-state index contributed by atoms with van der Waals surface area (Å²) >= 11 is 7.76. The van der Waals surface area contributed by atoms with E-state index in [1.807, 2.05) is 0 Å². The Bertz CT molecular complexity index is 523. The summed E-state index contributed by atoms with van der Waals surface area (Å²) in [7, 11) is -3.98. The third kappa shape index (κ3) is 2.65. The lowest BCUT2D eigenvalue weighted by Gasteiger charge is -2.06. The number of rotatable bonds is 2. The smallest absolute Gasteiger partial charge is 0.336 e. The van der Waals surface area contributed by atoms with E-state index in [0.29, 0.717) is 0 Å². The van der Waals surface area contributed by atoms with Crippen molar-refractivity contribution < 1.29 is 18.3 Å². The van der Waals surface area contributed by atoms with Gasteiger partial charge in [0.05, 0.1) is 10.5 Å². The molecule has 1 aromatic rings. The SMILES string of the molecule is NS(=O)(=O)c1cc(C(=O)O)c(S)cc1S. The van der Waals surface area contributed by atoms with E-state index in [2.05, 4.69) is 25.3 Å². The van der Waals surface area contributed by atoms with Crippen LogP contribution in [-0.2, 0) is 10.0 Å². The molecule has 0 aliphatic carbocycles. The minimum absolute atomic E-state index is 0.0625. The molecule has 0 amide bonds. The fourth-order valence-electron chi connectivity index (χ4n) is 0.957. The van der Waals surface area contributed by atoms with Gasteiger partial charge in [0.2, 0.25) is 10.0 Å². The van der Waals surface area contributed by atoms with Crippen LogP contribution >= 0.6 is 25.3 Å². The average molecular weight is 265 g/mol. The Hall–Kier alpha value is -0.700. The van der Waals surface area contributed by atoms with Crippen LogP contribution in [0, 0.1) is 0 Å². The van der Waals surface area contributed by atoms with Gasteiger partial charge in [0.15, 0.2) is 0 Å². The Kier molecular flexibility index (Phi) is 3.34. The van der Waals surface area contributed by atoms with Crippen LogP contribution in [0.2, 0.25) is 0 Å². The highest BCUT2D eigenvalue weighted by molar-refractivity contribution is 7.90. The van der Waals surface area contributed by atoms with Crippen molar-refractivity contribution in [3.8, 4) is 0 Å². The molecule has 1 aromatic carbocycles. The quantitative estimate of drug-likeness (QED) is 0.589. The summed E-state index contributed by atoms with van der Waals surface area (Å²) in [6.07, 6.45) is 0. The summed E-state index contributed by atoms with van der Waals surface area (Å²) in [5, 5.41) is 13.6. The highest BCUT2D eigenvalue weighted by atomic mass is 32.2. The van der Waals surface area contributed by atoms with Crippen molar-refractivity contribution in [1.82, 2.24) is 0 Å². The first kappa shape index (κ1) is 12.4. The van der Waals surface area contributed by atoms with Gasteiger partial charge in [0.25, 0.3) is 0 Å². The molecule has 0 fully saturated rings. The molecule has 0 aromatic heterocycles. The van der Waals surface area contributed by atoms with E-state index >= 15 is 0 Å². The number of thiol groups is 2. The topological polar surface area (TPSA) is 97.5 Å². The Morgan fingerprint density at radius 1 is 1.27 bits per heavy atom. The molecule has 1 rings (SSSR count). The van der Waals surface area contributed by atoms with Crippen molar-refractivity contribution in [1.29, 1.82) is 0 Å². The highest BCUT2D eigenvalue weighted by Gasteiger charge is 2.17. The maximum atomic E-state index is 11.1. The van der Waals surface area contributed by atoms with Gasteiger partial charge >= 0.3 is 5.97 Å². The molecule has 82 valence electrons. The molecule has 8 heteroatoms. The lowest BCUT2D eigenvalue weighted by atomic mass is 10.2. The summed E-state index contributed by atoms with van der Waals surface area (Å²) in [5.41, 5.74) is -0.236. The van der Waals surface area contributed by atoms with E-state index < -0.39 is 16.0 Å². The van der Waals surface area contributed by atoms with E-state index in [4.69, 9.17) is 10.2 Å². The fourth-order valence-corrected chi connectivity index (χ4v) is 2.56. The number of benzene rings is 1. The first-order chi connectivity index (χ1) is 6.73. The second kappa shape index (κ2) is 4.05. The molecule has 0 saturated heterocycles. The zero-order valence-electron chi connectivity index (χ0n) is 7.21. The van der Waals surface area contributed by atoms with Crippen LogP contribution in [0.25, 0.3) is 0 Å². The zero-order chi connectivity index (χ0) is 11.8. The van der Waals surface area contributed by atoms with E-state index in [1.54, 1.807) is 0 Å². The Morgan fingerprint density at radius 2 is 1.80 bits per heavy atom. The number of nitrogens with two attached hydrogens (primary N) is 1. The summed E-state index contributed by atoms with van der Waals surface area (Å²) in [5.74, 6) is -1.28. The first-order valence-corrected chi connectivity index (χ1v) is 5.99. The lowest BCUT2D eigenvalue weighted by Crippen LogP contribution is -2.14. The van der Waals surface area contributed by atoms with Crippen molar-refractivity contribution in [2.75, 3.05) is 0 Å². The van der Waals surface area contributed by atoms with Gasteiger partial charge in [-0.15, -0.1) is 25.3 Å². The van der Waals surface area contributed by atoms with Gasteiger partial charge in [-0.05, 0) is 12.1 Å². The first-order valence-electron chi connectivity index (χ1n) is 3.55. The molecule has 5 nitrogen and oxygen atoms in total. The average Bonchev–Trinajstić information content (AvgIpc) is 2.00. The van der Waals surface area contributed by atoms with Gasteiger partial charge in [-0.25, -0.2) is 18.4 Å². The van der Waals surface area contributed by atoms with Crippen LogP contribution in [-0.4, -0.2) is 19.5 Å². The molecule has 0 unspecified atom stereocenters. The Labute approximate surface area is 97.2 Å². The molecule has 15 heavy (non-hydrogen) atoms. The number of hydrogen-bond acceptors (Lipinski definition) is 5. The van der Waals surface area contributed by atoms with Crippen LogP contribution in [0.15, 0.2) is 26.8 Å². The number of carbonyl (C=O) groups is 1. The molecule has 0 radical (unpaired) electrons. The number of aromatic carboxylic acids is 1. The zero-order valence-corrected chi connectivity index (χ0v) is 9.81. The standard InChI is InChI=1S/C7H7NO4S3/c8-15(11,12)6-1-3(7(9)10)4(13)2-5(6)14/h1-2,13-14H,(H,9,10)(H2,8,11,12). The number of primary sulfonamides is 1. The molecule has 0 bridgehead atoms. The van der Waals surface area contributed by atoms with E-state index in [1.165, 1.54) is 6.07 Å². The Morgan fingerprint density at radius 3 is 2.20 bits per heavy atom. The summed E-state index contributed by atoms with van der Waals surface area (Å²) in [6, 6.07) is 2.15. The predicted molar refractivity (Wildman–Crippen MR) is 59.3 cm³/mol. The summed E-state index contributed by atoms with van der Waals surface area (Å²) in [6.45, 7) is 0. The fraction of sp³-hybridized carbons (Fsp3) is 0. The van der Waals surface area contributed by atoms with Gasteiger partial charge in [-0.3, -0.25) is 0 Å². The molecule has 0 heterocycles. The van der Waals surface area contributed by atoms with Gasteiger partial charge in [0, 0.05) is 9.79 Å². The molecule has 0 atom stereocenters. The number of sulfonamides is 1. The van der Waals surface area contributed by atoms with Crippen molar-refractivity contribution in [2.45, 2.75) is 14.7 Å². The summed E-state index contributed by atoms with van der Waals surface area (Å²) < 4.78 is 22.1. The molecule has 0 spiro atoms. The van der Waals surface area contributed by atoms with Gasteiger partial charge in [0.1, 0.15) is 0 Å². The van der Waals surface area contributed by atoms with Crippen molar-refractivity contribution in [2.24, 2.45) is 5.14 Å². The van der Waals surface area contributed by atoms with Crippen molar-refractivity contribution in [3.05, 3.63) is 17.7 Å². The van der Waals surface area contributed by atoms with E-state index in [-0.39, 0.29) is 20.2 Å². The van der Waals surface area contributed by atoms with Crippen LogP contribution in [0.3, 0.4) is 0 Å². The third-order valence-electron chi connectivity index (χ3n) is 1.61. The Balaban J connectivity index is 3.58. The van der Waals surface area contributed by atoms with Crippen LogP contribution in [0.1, 0.15) is 10.4 Å². The molecular formula is C7H7NO4S3. The number of carboxylic acid groups (broad SMARTS) is 1. The molecule has 0 saturated carbocycles. The largest absolute Gasteiger partial charge is 0.478 e. The minimum atomic E-state index is -3.98. The van der Waals surface area contributed by atoms with Crippen molar-refractivity contribution >= 4 is 41.3 Å². The van der Waals surface area contributed by atoms with Gasteiger partial charge in [-0.1, -0.05) is 0 Å². The molecular weight excluding hydrogens is 258 g/mol. The lowest BCUT2D eigenvalue weighted by molar-refractivity contribution is 0.0692. The number of hydrogen-bond donors (Lipinski definition) is 4. The second-order valence-corrected chi connectivity index (χ2v) is 5.18. The number of carboxylic acids is 1. The predicted octanol–water partition coefficient (Wildman–Crippen LogP) is 0.610. The van der Waals surface area contributed by atoms with Crippen LogP contribution in [0.5, 0.6) is 0 Å². The third-order valence-corrected chi connectivity index (χ3v) is 3.46. The van der Waals surface area contributed by atoms with Crippen LogP contribution in [0.4, 0.5) is 0 Å². The van der Waals surface area contributed by atoms with Gasteiger partial charge in [-0.2, -0.15) is 0 Å². The highest BCUT2D eigenvalue weighted by Crippen LogP contribution is 2.25. The normalized spacial score (nSPS) is 11.4. The molecule has 0 aliphatic heterocycles. The second-order valence-electron chi connectivity index (χ2n) is 2.69. The monoisotopic (exact) mass is 265 g/mol. The van der Waals surface area contributed by atoms with E-state index in [9.17, 15) is 13.2 Å². The molecule has 0 aliphatic rings. The minimum Gasteiger partial charge on any atom is -0.478 e. The van der Waals surface area contributed by atoms with Crippen LogP contribution < -0.4 is 5.14 Å². The van der Waals surface area contributed by atoms with E-state index in [0.717, 1.165) is 6.07 Å². The maximum Gasteiger partial charge on any atom is 0.336 e. The van der Waals surface area contributed by atoms with Crippen molar-refractivity contribution in [3.63, 3.8) is 0 Å².